The summed E-state index contributed by atoms with van der Waals surface area (Å²) < 4.78 is 0. The van der Waals surface area contributed by atoms with Crippen LogP contribution in [0.3, 0.4) is 0 Å². The van der Waals surface area contributed by atoms with Crippen molar-refractivity contribution in [3.8, 4) is 0 Å². The minimum atomic E-state index is -0.755. The van der Waals surface area contributed by atoms with Crippen LogP contribution in [0.5, 0.6) is 0 Å². The SMILES string of the molecule is O=C(O)CCCNc1ncnc2c1CCC2. The maximum atomic E-state index is 10.3. The van der Waals surface area contributed by atoms with Gasteiger partial charge in [-0.05, 0) is 25.7 Å². The Kier molecular flexibility index (Phi) is 3.34. The van der Waals surface area contributed by atoms with E-state index in [1.54, 1.807) is 6.33 Å². The van der Waals surface area contributed by atoms with Crippen LogP contribution in [-0.4, -0.2) is 27.6 Å². The van der Waals surface area contributed by atoms with Crippen LogP contribution in [0.1, 0.15) is 30.5 Å². The summed E-state index contributed by atoms with van der Waals surface area (Å²) in [6.07, 6.45) is 5.58. The van der Waals surface area contributed by atoms with Gasteiger partial charge >= 0.3 is 5.97 Å². The van der Waals surface area contributed by atoms with Crippen molar-refractivity contribution in [1.82, 2.24) is 9.97 Å². The molecule has 0 aromatic carbocycles. The first-order valence-corrected chi connectivity index (χ1v) is 5.56. The van der Waals surface area contributed by atoms with E-state index in [4.69, 9.17) is 5.11 Å². The maximum absolute atomic E-state index is 10.3. The quantitative estimate of drug-likeness (QED) is 0.732. The zero-order valence-corrected chi connectivity index (χ0v) is 9.07. The standard InChI is InChI=1S/C11H15N3O2/c15-10(16)5-2-6-12-11-8-3-1-4-9(8)13-7-14-11/h7H,1-6H2,(H,15,16)(H,12,13,14). The van der Waals surface area contributed by atoms with Crippen molar-refractivity contribution in [1.29, 1.82) is 0 Å². The number of hydrogen-bond donors (Lipinski definition) is 2. The minimum Gasteiger partial charge on any atom is -0.481 e. The zero-order chi connectivity index (χ0) is 11.4. The first kappa shape index (κ1) is 10.9. The predicted molar refractivity (Wildman–Crippen MR) is 59.4 cm³/mol. The Morgan fingerprint density at radius 1 is 1.44 bits per heavy atom. The van der Waals surface area contributed by atoms with Crippen molar-refractivity contribution >= 4 is 11.8 Å². The largest absolute Gasteiger partial charge is 0.481 e. The molecule has 2 rings (SSSR count). The van der Waals surface area contributed by atoms with Crippen LogP contribution in [0.2, 0.25) is 0 Å². The molecule has 1 aliphatic rings. The Labute approximate surface area is 93.9 Å². The third kappa shape index (κ3) is 2.48. The molecule has 0 amide bonds. The van der Waals surface area contributed by atoms with E-state index >= 15 is 0 Å². The van der Waals surface area contributed by atoms with E-state index in [2.05, 4.69) is 15.3 Å². The highest BCUT2D eigenvalue weighted by Crippen LogP contribution is 2.24. The van der Waals surface area contributed by atoms with Gasteiger partial charge in [0.15, 0.2) is 0 Å². The Morgan fingerprint density at radius 3 is 3.12 bits per heavy atom. The number of carboxylic acids is 1. The molecule has 0 saturated heterocycles. The van der Waals surface area contributed by atoms with E-state index in [1.165, 1.54) is 5.56 Å². The molecule has 0 unspecified atom stereocenters. The van der Waals surface area contributed by atoms with Gasteiger partial charge in [0.1, 0.15) is 12.1 Å². The minimum absolute atomic E-state index is 0.195. The molecule has 86 valence electrons. The van der Waals surface area contributed by atoms with Gasteiger partial charge in [0.2, 0.25) is 0 Å². The normalized spacial score (nSPS) is 13.5. The predicted octanol–water partition coefficient (Wildman–Crippen LogP) is 1.24. The van der Waals surface area contributed by atoms with Crippen molar-refractivity contribution < 1.29 is 9.90 Å². The molecule has 1 aromatic rings. The summed E-state index contributed by atoms with van der Waals surface area (Å²) in [5.41, 5.74) is 2.34. The highest BCUT2D eigenvalue weighted by molar-refractivity contribution is 5.66. The van der Waals surface area contributed by atoms with Crippen molar-refractivity contribution in [2.75, 3.05) is 11.9 Å². The Morgan fingerprint density at radius 2 is 2.31 bits per heavy atom. The lowest BCUT2D eigenvalue weighted by Gasteiger charge is -2.08. The number of nitrogens with one attached hydrogen (secondary N) is 1. The van der Waals surface area contributed by atoms with Gasteiger partial charge in [-0.2, -0.15) is 0 Å². The van der Waals surface area contributed by atoms with Crippen molar-refractivity contribution in [3.05, 3.63) is 17.6 Å². The van der Waals surface area contributed by atoms with E-state index in [0.29, 0.717) is 13.0 Å². The molecule has 0 bridgehead atoms. The third-order valence-corrected chi connectivity index (χ3v) is 2.73. The number of carboxylic acid groups (broad SMARTS) is 1. The molecule has 5 heteroatoms. The molecule has 1 aromatic heterocycles. The van der Waals surface area contributed by atoms with Crippen LogP contribution in [0.15, 0.2) is 6.33 Å². The van der Waals surface area contributed by atoms with Gasteiger partial charge in [-0.3, -0.25) is 4.79 Å². The van der Waals surface area contributed by atoms with Gasteiger partial charge in [-0.15, -0.1) is 0 Å². The van der Waals surface area contributed by atoms with Crippen LogP contribution in [-0.2, 0) is 17.6 Å². The Bertz CT molecular complexity index is 393. The van der Waals surface area contributed by atoms with Gasteiger partial charge in [-0.25, -0.2) is 9.97 Å². The number of aromatic nitrogens is 2. The van der Waals surface area contributed by atoms with E-state index in [-0.39, 0.29) is 6.42 Å². The number of rotatable bonds is 5. The summed E-state index contributed by atoms with van der Waals surface area (Å²) in [5, 5.41) is 11.7. The molecule has 0 saturated carbocycles. The topological polar surface area (TPSA) is 75.1 Å². The summed E-state index contributed by atoms with van der Waals surface area (Å²) >= 11 is 0. The third-order valence-electron chi connectivity index (χ3n) is 2.73. The molecule has 0 fully saturated rings. The fourth-order valence-corrected chi connectivity index (χ4v) is 1.96. The first-order valence-electron chi connectivity index (χ1n) is 5.56. The molecule has 5 nitrogen and oxygen atoms in total. The number of nitrogens with zero attached hydrogens (tertiary/aromatic N) is 2. The van der Waals surface area contributed by atoms with Crippen molar-refractivity contribution in [2.45, 2.75) is 32.1 Å². The van der Waals surface area contributed by atoms with E-state index < -0.39 is 5.97 Å². The monoisotopic (exact) mass is 221 g/mol. The lowest BCUT2D eigenvalue weighted by atomic mass is 10.2. The summed E-state index contributed by atoms with van der Waals surface area (Å²) in [7, 11) is 0. The molecular formula is C11H15N3O2. The number of carbonyl (C=O) groups is 1. The summed E-state index contributed by atoms with van der Waals surface area (Å²) in [6.45, 7) is 0.649. The average Bonchev–Trinajstić information content (AvgIpc) is 2.72. The lowest BCUT2D eigenvalue weighted by molar-refractivity contribution is -0.137. The second kappa shape index (κ2) is 4.92. The molecule has 2 N–H and O–H groups in total. The number of aryl methyl sites for hydroxylation is 1. The van der Waals surface area contributed by atoms with Gasteiger partial charge in [0, 0.05) is 24.2 Å². The smallest absolute Gasteiger partial charge is 0.303 e. The van der Waals surface area contributed by atoms with Crippen LogP contribution in [0, 0.1) is 0 Å². The molecule has 0 aliphatic heterocycles. The zero-order valence-electron chi connectivity index (χ0n) is 9.07. The van der Waals surface area contributed by atoms with Crippen LogP contribution in [0.4, 0.5) is 5.82 Å². The van der Waals surface area contributed by atoms with Crippen molar-refractivity contribution in [2.24, 2.45) is 0 Å². The summed E-state index contributed by atoms with van der Waals surface area (Å²) in [6, 6.07) is 0. The molecule has 1 aliphatic carbocycles. The second-order valence-corrected chi connectivity index (χ2v) is 3.93. The highest BCUT2D eigenvalue weighted by atomic mass is 16.4. The molecule has 16 heavy (non-hydrogen) atoms. The van der Waals surface area contributed by atoms with E-state index in [9.17, 15) is 4.79 Å². The van der Waals surface area contributed by atoms with Gasteiger partial charge < -0.3 is 10.4 Å². The van der Waals surface area contributed by atoms with Crippen molar-refractivity contribution in [3.63, 3.8) is 0 Å². The molecular weight excluding hydrogens is 206 g/mol. The Hall–Kier alpha value is -1.65. The number of hydrogen-bond acceptors (Lipinski definition) is 4. The molecule has 1 heterocycles. The van der Waals surface area contributed by atoms with Gasteiger partial charge in [0.25, 0.3) is 0 Å². The first-order chi connectivity index (χ1) is 7.77. The number of aliphatic carboxylic acids is 1. The molecule has 0 atom stereocenters. The summed E-state index contributed by atoms with van der Waals surface area (Å²) in [5.74, 6) is 0.127. The van der Waals surface area contributed by atoms with E-state index in [0.717, 1.165) is 30.8 Å². The van der Waals surface area contributed by atoms with Gasteiger partial charge in [-0.1, -0.05) is 0 Å². The number of fused-ring (bicyclic) bond motifs is 1. The fourth-order valence-electron chi connectivity index (χ4n) is 1.96. The van der Waals surface area contributed by atoms with Crippen LogP contribution < -0.4 is 5.32 Å². The Balaban J connectivity index is 1.90. The van der Waals surface area contributed by atoms with Crippen LogP contribution >= 0.6 is 0 Å². The fraction of sp³-hybridized carbons (Fsp3) is 0.545. The molecule has 0 radical (unpaired) electrons. The van der Waals surface area contributed by atoms with Crippen LogP contribution in [0.25, 0.3) is 0 Å². The van der Waals surface area contributed by atoms with E-state index in [1.807, 2.05) is 0 Å². The molecule has 0 spiro atoms. The average molecular weight is 221 g/mol. The number of anilines is 1. The maximum Gasteiger partial charge on any atom is 0.303 e. The second-order valence-electron chi connectivity index (χ2n) is 3.93. The van der Waals surface area contributed by atoms with Gasteiger partial charge in [0.05, 0.1) is 0 Å². The summed E-state index contributed by atoms with van der Waals surface area (Å²) in [4.78, 5) is 18.8. The lowest BCUT2D eigenvalue weighted by Crippen LogP contribution is -2.08. The highest BCUT2D eigenvalue weighted by Gasteiger charge is 2.16.